The van der Waals surface area contributed by atoms with Gasteiger partial charge in [0.05, 0.1) is 30.2 Å². The van der Waals surface area contributed by atoms with Crippen molar-refractivity contribution in [1.82, 2.24) is 4.90 Å². The SMILES string of the molecule is CC1(C)CC2CC(C)(CN2C[C@@H]2C[C@H](c3ccc(CO)cc3)O[C@H](c3cccc(NC(=O)CCCCCC(=O)Nc4ccccc4N)c3)O2)C1. The number of rotatable bonds is 13. The Kier molecular flexibility index (Phi) is 11.3. The summed E-state index contributed by atoms with van der Waals surface area (Å²) in [6, 6.07) is 23.5. The molecular weight excluding hydrogens is 628 g/mol. The van der Waals surface area contributed by atoms with Gasteiger partial charge in [0, 0.05) is 49.6 Å². The van der Waals surface area contributed by atoms with E-state index in [-0.39, 0.29) is 30.6 Å². The number of hydrogen-bond acceptors (Lipinski definition) is 7. The summed E-state index contributed by atoms with van der Waals surface area (Å²) in [7, 11) is 0. The van der Waals surface area contributed by atoms with Crippen LogP contribution in [0.1, 0.15) is 108 Å². The van der Waals surface area contributed by atoms with Crippen LogP contribution in [0.5, 0.6) is 0 Å². The Morgan fingerprint density at radius 1 is 0.880 bits per heavy atom. The Labute approximate surface area is 296 Å². The van der Waals surface area contributed by atoms with Crippen molar-refractivity contribution in [3.63, 3.8) is 0 Å². The van der Waals surface area contributed by atoms with Crippen molar-refractivity contribution in [3.05, 3.63) is 89.5 Å². The molecule has 2 heterocycles. The fourth-order valence-electron chi connectivity index (χ4n) is 8.64. The summed E-state index contributed by atoms with van der Waals surface area (Å²) in [6.45, 7) is 9.23. The van der Waals surface area contributed by atoms with Crippen LogP contribution in [-0.4, -0.2) is 47.1 Å². The predicted octanol–water partition coefficient (Wildman–Crippen LogP) is 7.73. The number of unbranched alkanes of at least 4 members (excludes halogenated alkanes) is 2. The first-order chi connectivity index (χ1) is 24.0. The Hall–Kier alpha value is -3.76. The maximum absolute atomic E-state index is 12.9. The molecule has 2 aliphatic heterocycles. The Morgan fingerprint density at radius 2 is 1.62 bits per heavy atom. The number of aliphatic hydroxyl groups is 1. The largest absolute Gasteiger partial charge is 0.397 e. The molecule has 0 aromatic heterocycles. The number of para-hydroxylation sites is 2. The molecule has 50 heavy (non-hydrogen) atoms. The van der Waals surface area contributed by atoms with Crippen LogP contribution in [0.4, 0.5) is 17.1 Å². The summed E-state index contributed by atoms with van der Waals surface area (Å²) in [6.07, 6.45) is 6.59. The summed E-state index contributed by atoms with van der Waals surface area (Å²) in [5, 5.41) is 15.5. The Balaban J connectivity index is 1.05. The second-order valence-corrected chi connectivity index (χ2v) is 15.9. The van der Waals surface area contributed by atoms with Crippen LogP contribution in [0.15, 0.2) is 72.8 Å². The maximum Gasteiger partial charge on any atom is 0.224 e. The van der Waals surface area contributed by atoms with Crippen LogP contribution in [0, 0.1) is 10.8 Å². The smallest absolute Gasteiger partial charge is 0.224 e. The van der Waals surface area contributed by atoms with Gasteiger partial charge in [-0.1, -0.05) is 75.7 Å². The second-order valence-electron chi connectivity index (χ2n) is 15.9. The zero-order valence-corrected chi connectivity index (χ0v) is 29.8. The molecule has 2 amide bonds. The van der Waals surface area contributed by atoms with E-state index in [9.17, 15) is 14.7 Å². The first-order valence-electron chi connectivity index (χ1n) is 18.3. The van der Waals surface area contributed by atoms with Crippen molar-refractivity contribution in [3.8, 4) is 0 Å². The molecule has 9 nitrogen and oxygen atoms in total. The lowest BCUT2D eigenvalue weighted by Gasteiger charge is -2.41. The van der Waals surface area contributed by atoms with E-state index in [4.69, 9.17) is 15.2 Å². The molecule has 268 valence electrons. The fourth-order valence-corrected chi connectivity index (χ4v) is 8.64. The summed E-state index contributed by atoms with van der Waals surface area (Å²) in [4.78, 5) is 27.8. The minimum atomic E-state index is -0.584. The lowest BCUT2D eigenvalue weighted by Crippen LogP contribution is -2.42. The molecule has 3 aromatic rings. The first-order valence-corrected chi connectivity index (χ1v) is 18.3. The predicted molar refractivity (Wildman–Crippen MR) is 197 cm³/mol. The molecule has 0 spiro atoms. The van der Waals surface area contributed by atoms with Gasteiger partial charge in [-0.3, -0.25) is 14.5 Å². The molecule has 0 radical (unpaired) electrons. The van der Waals surface area contributed by atoms with Gasteiger partial charge in [-0.2, -0.15) is 0 Å². The summed E-state index contributed by atoms with van der Waals surface area (Å²) in [5.41, 5.74) is 11.3. The van der Waals surface area contributed by atoms with Gasteiger partial charge in [-0.25, -0.2) is 0 Å². The summed E-state index contributed by atoms with van der Waals surface area (Å²) < 4.78 is 13.3. The quantitative estimate of drug-likeness (QED) is 0.107. The zero-order chi connectivity index (χ0) is 35.3. The van der Waals surface area contributed by atoms with Crippen LogP contribution in [0.2, 0.25) is 0 Å². The number of nitrogens with one attached hydrogen (secondary N) is 2. The van der Waals surface area contributed by atoms with Gasteiger partial charge >= 0.3 is 0 Å². The van der Waals surface area contributed by atoms with Crippen molar-refractivity contribution in [2.24, 2.45) is 10.8 Å². The molecule has 2 unspecified atom stereocenters. The Morgan fingerprint density at radius 3 is 2.36 bits per heavy atom. The third kappa shape index (κ3) is 9.31. The second kappa shape index (κ2) is 15.6. The van der Waals surface area contributed by atoms with E-state index < -0.39 is 6.29 Å². The highest BCUT2D eigenvalue weighted by atomic mass is 16.7. The number of benzene rings is 3. The average molecular weight is 683 g/mol. The van der Waals surface area contributed by atoms with Gasteiger partial charge in [0.2, 0.25) is 11.8 Å². The third-order valence-corrected chi connectivity index (χ3v) is 10.6. The number of ether oxygens (including phenoxy) is 2. The highest BCUT2D eigenvalue weighted by Crippen LogP contribution is 2.53. The number of likely N-dealkylation sites (tertiary alicyclic amines) is 1. The van der Waals surface area contributed by atoms with E-state index >= 15 is 0 Å². The molecule has 2 saturated heterocycles. The number of carbonyl (C=O) groups excluding carboxylic acids is 2. The van der Waals surface area contributed by atoms with Gasteiger partial charge in [0.15, 0.2) is 6.29 Å². The number of amides is 2. The lowest BCUT2D eigenvalue weighted by molar-refractivity contribution is -0.253. The molecule has 5 atom stereocenters. The van der Waals surface area contributed by atoms with Crippen molar-refractivity contribution >= 4 is 28.9 Å². The molecule has 1 saturated carbocycles. The summed E-state index contributed by atoms with van der Waals surface area (Å²) in [5.74, 6) is -0.144. The molecule has 1 aliphatic carbocycles. The minimum Gasteiger partial charge on any atom is -0.397 e. The highest BCUT2D eigenvalue weighted by Gasteiger charge is 2.50. The third-order valence-electron chi connectivity index (χ3n) is 10.6. The number of nitrogen functional groups attached to an aromatic ring is 1. The zero-order valence-electron chi connectivity index (χ0n) is 29.8. The molecule has 6 rings (SSSR count). The van der Waals surface area contributed by atoms with Crippen LogP contribution < -0.4 is 16.4 Å². The van der Waals surface area contributed by atoms with E-state index in [0.29, 0.717) is 59.6 Å². The lowest BCUT2D eigenvalue weighted by atomic mass is 9.65. The van der Waals surface area contributed by atoms with Gasteiger partial charge < -0.3 is 30.9 Å². The number of aliphatic hydroxyl groups excluding tert-OH is 1. The molecule has 9 heteroatoms. The van der Waals surface area contributed by atoms with Crippen LogP contribution >= 0.6 is 0 Å². The van der Waals surface area contributed by atoms with Crippen LogP contribution in [0.25, 0.3) is 0 Å². The number of carbonyl (C=O) groups is 2. The van der Waals surface area contributed by atoms with Crippen molar-refractivity contribution in [2.75, 3.05) is 29.5 Å². The monoisotopic (exact) mass is 682 g/mol. The number of fused-ring (bicyclic) bond motifs is 2. The van der Waals surface area contributed by atoms with Crippen LogP contribution in [-0.2, 0) is 25.7 Å². The molecule has 3 aromatic carbocycles. The van der Waals surface area contributed by atoms with E-state index in [1.54, 1.807) is 12.1 Å². The molecule has 2 bridgehead atoms. The molecule has 5 N–H and O–H groups in total. The number of anilines is 3. The van der Waals surface area contributed by atoms with E-state index in [2.05, 4.69) is 36.3 Å². The fraction of sp³-hybridized carbons (Fsp3) is 0.512. The minimum absolute atomic E-state index is 0.00594. The Bertz CT molecular complexity index is 1630. The average Bonchev–Trinajstić information content (AvgIpc) is 3.32. The van der Waals surface area contributed by atoms with E-state index in [1.807, 2.05) is 60.7 Å². The van der Waals surface area contributed by atoms with Crippen molar-refractivity contribution in [2.45, 2.75) is 110 Å². The standard InChI is InChI=1S/C41H54N4O5/c1-40(2)22-32-23-41(3,26-40)27-45(32)24-33-21-36(29-18-16-28(25-46)17-19-29)50-39(49-33)30-10-9-11-31(20-30)43-37(47)14-5-4-6-15-38(48)44-35-13-8-7-12-34(35)42/h7-13,16-20,32-33,36,39,46H,4-6,14-15,21-27,42H2,1-3H3,(H,43,47)(H,44,48)/t32?,33-,36+,39+,41?/m0/s1. The molecular formula is C41H54N4O5. The van der Waals surface area contributed by atoms with Gasteiger partial charge in [0.1, 0.15) is 0 Å². The topological polar surface area (TPSA) is 126 Å². The van der Waals surface area contributed by atoms with Crippen molar-refractivity contribution in [1.29, 1.82) is 0 Å². The first kappa shape index (κ1) is 36.0. The van der Waals surface area contributed by atoms with Gasteiger partial charge in [-0.05, 0) is 78.3 Å². The molecule has 3 fully saturated rings. The van der Waals surface area contributed by atoms with Gasteiger partial charge in [0.25, 0.3) is 0 Å². The maximum atomic E-state index is 12.9. The number of hydrogen-bond donors (Lipinski definition) is 4. The highest BCUT2D eigenvalue weighted by molar-refractivity contribution is 5.93. The normalized spacial score (nSPS) is 26.0. The number of nitrogens with two attached hydrogens (primary N) is 1. The van der Waals surface area contributed by atoms with Crippen LogP contribution in [0.3, 0.4) is 0 Å². The number of nitrogens with zero attached hydrogens (tertiary/aromatic N) is 1. The van der Waals surface area contributed by atoms with Crippen molar-refractivity contribution < 1.29 is 24.2 Å². The summed E-state index contributed by atoms with van der Waals surface area (Å²) >= 11 is 0. The molecule has 3 aliphatic rings. The van der Waals surface area contributed by atoms with E-state index in [0.717, 1.165) is 42.6 Å². The van der Waals surface area contributed by atoms with Gasteiger partial charge in [-0.15, -0.1) is 0 Å². The van der Waals surface area contributed by atoms with E-state index in [1.165, 1.54) is 19.3 Å².